The molecule has 0 aromatic heterocycles. The summed E-state index contributed by atoms with van der Waals surface area (Å²) in [5, 5.41) is 0. The van der Waals surface area contributed by atoms with Crippen molar-refractivity contribution >= 4 is 12.2 Å². The topological polar surface area (TPSA) is 59.1 Å². The minimum Gasteiger partial charge on any atom is -0.453 e. The summed E-state index contributed by atoms with van der Waals surface area (Å²) in [6.45, 7) is 12.3. The molecule has 0 aromatic carbocycles. The van der Waals surface area contributed by atoms with E-state index in [1.165, 1.54) is 14.2 Å². The van der Waals surface area contributed by atoms with Gasteiger partial charge >= 0.3 is 12.2 Å². The summed E-state index contributed by atoms with van der Waals surface area (Å²) in [6.07, 6.45) is 2.99. The largest absolute Gasteiger partial charge is 0.453 e. The quantitative estimate of drug-likeness (QED) is 0.754. The van der Waals surface area contributed by atoms with Crippen LogP contribution in [0.5, 0.6) is 0 Å². The lowest BCUT2D eigenvalue weighted by Crippen LogP contribution is -2.39. The van der Waals surface area contributed by atoms with Gasteiger partial charge in [-0.3, -0.25) is 0 Å². The third-order valence-corrected chi connectivity index (χ3v) is 5.52. The zero-order chi connectivity index (χ0) is 19.0. The van der Waals surface area contributed by atoms with Gasteiger partial charge < -0.3 is 19.3 Å². The molecule has 25 heavy (non-hydrogen) atoms. The molecule has 0 spiro atoms. The van der Waals surface area contributed by atoms with E-state index in [-0.39, 0.29) is 12.2 Å². The van der Waals surface area contributed by atoms with Crippen molar-refractivity contribution in [3.8, 4) is 0 Å². The maximum atomic E-state index is 11.1. The van der Waals surface area contributed by atoms with Crippen LogP contribution in [0.25, 0.3) is 0 Å². The van der Waals surface area contributed by atoms with Crippen molar-refractivity contribution in [1.82, 2.24) is 9.80 Å². The molecule has 2 amide bonds. The lowest BCUT2D eigenvalue weighted by atomic mass is 9.87. The number of rotatable bonds is 2. The van der Waals surface area contributed by atoms with E-state index in [1.54, 1.807) is 9.80 Å². The molecule has 2 aliphatic rings. The van der Waals surface area contributed by atoms with Gasteiger partial charge in [0.05, 0.1) is 14.2 Å². The lowest BCUT2D eigenvalue weighted by molar-refractivity contribution is 0.0994. The Hall–Kier alpha value is -1.46. The van der Waals surface area contributed by atoms with Gasteiger partial charge in [0.25, 0.3) is 0 Å². The summed E-state index contributed by atoms with van der Waals surface area (Å²) in [4.78, 5) is 25.8. The highest BCUT2D eigenvalue weighted by atomic mass is 16.5. The maximum absolute atomic E-state index is 11.1. The van der Waals surface area contributed by atoms with E-state index in [2.05, 4.69) is 37.2 Å². The number of methoxy groups -OCH3 is 2. The smallest absolute Gasteiger partial charge is 0.409 e. The minimum absolute atomic E-state index is 0.179. The highest BCUT2D eigenvalue weighted by Gasteiger charge is 2.28. The fourth-order valence-corrected chi connectivity index (χ4v) is 3.50. The molecule has 1 atom stereocenters. The number of carbonyl (C=O) groups excluding carboxylic acids is 2. The third-order valence-electron chi connectivity index (χ3n) is 5.52. The average molecular weight is 357 g/mol. The Labute approximate surface area is 152 Å². The SMILES string of the molecule is COC(=O)N1CCC(C(C)C)C1.COC(=O)N1CCC(C(C)C)CC1. The molecular weight excluding hydrogens is 320 g/mol. The van der Waals surface area contributed by atoms with Crippen LogP contribution in [-0.4, -0.2) is 62.4 Å². The first-order chi connectivity index (χ1) is 11.8. The van der Waals surface area contributed by atoms with E-state index in [1.807, 2.05) is 0 Å². The van der Waals surface area contributed by atoms with Gasteiger partial charge in [0, 0.05) is 26.2 Å². The molecule has 2 rings (SSSR count). The maximum Gasteiger partial charge on any atom is 0.409 e. The van der Waals surface area contributed by atoms with Gasteiger partial charge in [-0.2, -0.15) is 0 Å². The van der Waals surface area contributed by atoms with Crippen molar-refractivity contribution in [3.63, 3.8) is 0 Å². The van der Waals surface area contributed by atoms with E-state index >= 15 is 0 Å². The normalized spacial score (nSPS) is 21.2. The molecule has 2 aliphatic heterocycles. The number of amides is 2. The van der Waals surface area contributed by atoms with E-state index < -0.39 is 0 Å². The molecule has 2 saturated heterocycles. The van der Waals surface area contributed by atoms with Crippen molar-refractivity contribution in [2.75, 3.05) is 40.4 Å². The van der Waals surface area contributed by atoms with Crippen LogP contribution in [0.15, 0.2) is 0 Å². The van der Waals surface area contributed by atoms with Crippen molar-refractivity contribution in [3.05, 3.63) is 0 Å². The molecule has 0 saturated carbocycles. The molecule has 0 radical (unpaired) electrons. The Morgan fingerprint density at radius 1 is 0.760 bits per heavy atom. The summed E-state index contributed by atoms with van der Waals surface area (Å²) < 4.78 is 9.32. The number of piperidine rings is 1. The first-order valence-electron chi connectivity index (χ1n) is 9.45. The van der Waals surface area contributed by atoms with Crippen LogP contribution >= 0.6 is 0 Å². The van der Waals surface area contributed by atoms with Crippen LogP contribution in [0, 0.1) is 23.7 Å². The number of carbonyl (C=O) groups is 2. The lowest BCUT2D eigenvalue weighted by Gasteiger charge is -2.32. The van der Waals surface area contributed by atoms with Crippen molar-refractivity contribution in [2.45, 2.75) is 47.0 Å². The monoisotopic (exact) mass is 356 g/mol. The van der Waals surface area contributed by atoms with E-state index in [0.29, 0.717) is 11.8 Å². The van der Waals surface area contributed by atoms with E-state index in [0.717, 1.165) is 57.3 Å². The van der Waals surface area contributed by atoms with Crippen LogP contribution in [0.3, 0.4) is 0 Å². The van der Waals surface area contributed by atoms with Crippen LogP contribution in [0.4, 0.5) is 9.59 Å². The first-order valence-corrected chi connectivity index (χ1v) is 9.45. The van der Waals surface area contributed by atoms with Gasteiger partial charge in [0.2, 0.25) is 0 Å². The number of hydrogen-bond acceptors (Lipinski definition) is 4. The molecule has 2 fully saturated rings. The highest BCUT2D eigenvalue weighted by Crippen LogP contribution is 2.25. The van der Waals surface area contributed by atoms with Crippen molar-refractivity contribution in [2.24, 2.45) is 23.7 Å². The summed E-state index contributed by atoms with van der Waals surface area (Å²) in [5.41, 5.74) is 0. The molecule has 146 valence electrons. The Kier molecular flexibility index (Phi) is 9.08. The zero-order valence-corrected chi connectivity index (χ0v) is 16.8. The molecule has 6 nitrogen and oxygen atoms in total. The second-order valence-electron chi connectivity index (χ2n) is 7.75. The molecule has 2 heterocycles. The van der Waals surface area contributed by atoms with E-state index in [4.69, 9.17) is 0 Å². The molecule has 1 unspecified atom stereocenters. The average Bonchev–Trinajstić information content (AvgIpc) is 3.11. The molecule has 0 aliphatic carbocycles. The van der Waals surface area contributed by atoms with Crippen LogP contribution in [0.2, 0.25) is 0 Å². The third kappa shape index (κ3) is 6.75. The van der Waals surface area contributed by atoms with Gasteiger partial charge in [-0.1, -0.05) is 27.7 Å². The number of hydrogen-bond donors (Lipinski definition) is 0. The van der Waals surface area contributed by atoms with Gasteiger partial charge in [0.15, 0.2) is 0 Å². The summed E-state index contributed by atoms with van der Waals surface area (Å²) in [5.74, 6) is 2.84. The number of nitrogens with zero attached hydrogens (tertiary/aromatic N) is 2. The summed E-state index contributed by atoms with van der Waals surface area (Å²) in [7, 11) is 2.88. The zero-order valence-electron chi connectivity index (χ0n) is 16.8. The standard InChI is InChI=1S/C10H19NO2.C9H17NO2/c1-8(2)9-4-6-11(7-5-9)10(12)13-3;1-7(2)8-4-5-10(6-8)9(11)12-3/h8-9H,4-7H2,1-3H3;7-8H,4-6H2,1-3H3. The molecule has 0 aromatic rings. The second kappa shape index (κ2) is 10.5. The van der Waals surface area contributed by atoms with Crippen LogP contribution < -0.4 is 0 Å². The van der Waals surface area contributed by atoms with Gasteiger partial charge in [0.1, 0.15) is 0 Å². The number of ether oxygens (including phenoxy) is 2. The molecular formula is C19H36N2O4. The van der Waals surface area contributed by atoms with Gasteiger partial charge in [-0.25, -0.2) is 9.59 Å². The summed E-state index contributed by atoms with van der Waals surface area (Å²) in [6, 6.07) is 0. The predicted molar refractivity (Wildman–Crippen MR) is 98.5 cm³/mol. The fraction of sp³-hybridized carbons (Fsp3) is 0.895. The van der Waals surface area contributed by atoms with Crippen LogP contribution in [-0.2, 0) is 9.47 Å². The van der Waals surface area contributed by atoms with Crippen molar-refractivity contribution < 1.29 is 19.1 Å². The Balaban J connectivity index is 0.000000251. The fourth-order valence-electron chi connectivity index (χ4n) is 3.50. The second-order valence-corrected chi connectivity index (χ2v) is 7.75. The Morgan fingerprint density at radius 3 is 1.56 bits per heavy atom. The first kappa shape index (κ1) is 21.6. The van der Waals surface area contributed by atoms with Gasteiger partial charge in [-0.05, 0) is 42.9 Å². The van der Waals surface area contributed by atoms with Crippen molar-refractivity contribution in [1.29, 1.82) is 0 Å². The molecule has 0 bridgehead atoms. The minimum atomic E-state index is -0.182. The molecule has 6 heteroatoms. The Bertz CT molecular complexity index is 418. The summed E-state index contributed by atoms with van der Waals surface area (Å²) >= 11 is 0. The Morgan fingerprint density at radius 2 is 1.16 bits per heavy atom. The van der Waals surface area contributed by atoms with Crippen LogP contribution in [0.1, 0.15) is 47.0 Å². The van der Waals surface area contributed by atoms with E-state index in [9.17, 15) is 9.59 Å². The predicted octanol–water partition coefficient (Wildman–Crippen LogP) is 3.85. The molecule has 0 N–H and O–H groups in total. The highest BCUT2D eigenvalue weighted by molar-refractivity contribution is 5.67. The van der Waals surface area contributed by atoms with Gasteiger partial charge in [-0.15, -0.1) is 0 Å². The number of likely N-dealkylation sites (tertiary alicyclic amines) is 2.